The molecular formula is C13H25N3O3S. The van der Waals surface area contributed by atoms with Crippen LogP contribution in [0.1, 0.15) is 32.1 Å². The van der Waals surface area contributed by atoms with Crippen LogP contribution in [0, 0.1) is 0 Å². The molecule has 0 radical (unpaired) electrons. The Kier molecular flexibility index (Phi) is 4.90. The molecule has 1 spiro atoms. The third-order valence-electron chi connectivity index (χ3n) is 4.44. The molecule has 0 atom stereocenters. The Morgan fingerprint density at radius 1 is 1.35 bits per heavy atom. The number of nitrogens with zero attached hydrogens (tertiary/aromatic N) is 2. The summed E-state index contributed by atoms with van der Waals surface area (Å²) >= 11 is 0. The van der Waals surface area contributed by atoms with E-state index in [0.29, 0.717) is 25.6 Å². The van der Waals surface area contributed by atoms with E-state index in [4.69, 9.17) is 5.11 Å². The zero-order valence-corrected chi connectivity index (χ0v) is 13.0. The molecule has 2 rings (SSSR count). The summed E-state index contributed by atoms with van der Waals surface area (Å²) in [5.74, 6) is 0.895. The molecular weight excluding hydrogens is 278 g/mol. The first-order chi connectivity index (χ1) is 9.54. The summed E-state index contributed by atoms with van der Waals surface area (Å²) in [6.07, 6.45) is 4.66. The van der Waals surface area contributed by atoms with Crippen molar-refractivity contribution in [2.75, 3.05) is 39.0 Å². The van der Waals surface area contributed by atoms with Crippen LogP contribution < -0.4 is 5.32 Å². The van der Waals surface area contributed by atoms with Crippen molar-refractivity contribution < 1.29 is 13.5 Å². The van der Waals surface area contributed by atoms with E-state index in [0.717, 1.165) is 32.1 Å². The van der Waals surface area contributed by atoms with E-state index in [1.54, 1.807) is 7.05 Å². The highest BCUT2D eigenvalue weighted by Crippen LogP contribution is 2.38. The number of rotatable bonds is 2. The van der Waals surface area contributed by atoms with Gasteiger partial charge in [0.2, 0.25) is 0 Å². The molecule has 2 fully saturated rings. The number of sulfone groups is 1. The second-order valence-corrected chi connectivity index (χ2v) is 8.19. The third kappa shape index (κ3) is 2.93. The van der Waals surface area contributed by atoms with Gasteiger partial charge >= 0.3 is 0 Å². The third-order valence-corrected chi connectivity index (χ3v) is 7.02. The van der Waals surface area contributed by atoms with Crippen LogP contribution in [0.25, 0.3) is 0 Å². The van der Waals surface area contributed by atoms with Gasteiger partial charge in [0, 0.05) is 26.7 Å². The van der Waals surface area contributed by atoms with Gasteiger partial charge in [-0.15, -0.1) is 0 Å². The zero-order chi connectivity index (χ0) is 14.6. The van der Waals surface area contributed by atoms with E-state index >= 15 is 0 Å². The number of aliphatic imine (C=N–C) groups is 1. The molecule has 0 aromatic rings. The van der Waals surface area contributed by atoms with E-state index < -0.39 is 14.6 Å². The molecule has 7 heteroatoms. The second-order valence-electron chi connectivity index (χ2n) is 5.68. The monoisotopic (exact) mass is 303 g/mol. The van der Waals surface area contributed by atoms with Crippen molar-refractivity contribution in [1.82, 2.24) is 10.2 Å². The fraction of sp³-hybridized carbons (Fsp3) is 0.923. The molecule has 1 heterocycles. The van der Waals surface area contributed by atoms with Crippen molar-refractivity contribution in [2.24, 2.45) is 4.99 Å². The first-order valence-corrected chi connectivity index (χ1v) is 8.99. The minimum Gasteiger partial charge on any atom is -0.395 e. The Balaban J connectivity index is 2.15. The van der Waals surface area contributed by atoms with E-state index in [1.807, 2.05) is 4.90 Å². The van der Waals surface area contributed by atoms with Gasteiger partial charge in [-0.05, 0) is 12.8 Å². The molecule has 1 aliphatic heterocycles. The maximum Gasteiger partial charge on any atom is 0.193 e. The molecule has 2 aliphatic rings. The number of aliphatic hydroxyl groups is 1. The van der Waals surface area contributed by atoms with Gasteiger partial charge in [-0.1, -0.05) is 19.3 Å². The molecule has 0 aromatic heterocycles. The quantitative estimate of drug-likeness (QED) is 0.554. The first-order valence-electron chi connectivity index (χ1n) is 7.33. The fourth-order valence-electron chi connectivity index (χ4n) is 3.32. The topological polar surface area (TPSA) is 82.0 Å². The van der Waals surface area contributed by atoms with Crippen LogP contribution in [0.5, 0.6) is 0 Å². The largest absolute Gasteiger partial charge is 0.395 e. The summed E-state index contributed by atoms with van der Waals surface area (Å²) in [5, 5.41) is 12.0. The maximum absolute atomic E-state index is 12.5. The van der Waals surface area contributed by atoms with Crippen LogP contribution in [0.3, 0.4) is 0 Å². The van der Waals surface area contributed by atoms with Gasteiger partial charge in [-0.25, -0.2) is 8.42 Å². The van der Waals surface area contributed by atoms with Crippen LogP contribution in [0.4, 0.5) is 0 Å². The number of hydrogen-bond donors (Lipinski definition) is 2. The Labute approximate surface area is 121 Å². The van der Waals surface area contributed by atoms with E-state index in [9.17, 15) is 8.42 Å². The number of hydrogen-bond acceptors (Lipinski definition) is 4. The average Bonchev–Trinajstić information content (AvgIpc) is 2.45. The Bertz CT molecular complexity index is 455. The summed E-state index contributed by atoms with van der Waals surface area (Å²) in [4.78, 5) is 6.23. The van der Waals surface area contributed by atoms with Crippen LogP contribution in [0.15, 0.2) is 4.99 Å². The summed E-state index contributed by atoms with van der Waals surface area (Å²) < 4.78 is 24.4. The SMILES string of the molecule is CN=C(NCCO)N1CCS(=O)(=O)C2(CCCCC2)C1. The summed E-state index contributed by atoms with van der Waals surface area (Å²) in [5.41, 5.74) is 0. The lowest BCUT2D eigenvalue weighted by atomic mass is 9.87. The van der Waals surface area contributed by atoms with Crippen LogP contribution in [-0.4, -0.2) is 68.2 Å². The standard InChI is InChI=1S/C13H25N3O3S/c1-14-12(15-7-9-17)16-8-10-20(18,19)13(11-16)5-3-2-4-6-13/h17H,2-11H2,1H3,(H,14,15). The lowest BCUT2D eigenvalue weighted by Gasteiger charge is -2.45. The van der Waals surface area contributed by atoms with Gasteiger partial charge in [0.1, 0.15) is 0 Å². The van der Waals surface area contributed by atoms with Crippen molar-refractivity contribution >= 4 is 15.8 Å². The lowest BCUT2D eigenvalue weighted by Crippen LogP contribution is -2.60. The highest BCUT2D eigenvalue weighted by Gasteiger charge is 2.48. The molecule has 0 unspecified atom stereocenters. The molecule has 116 valence electrons. The predicted molar refractivity (Wildman–Crippen MR) is 79.6 cm³/mol. The smallest absolute Gasteiger partial charge is 0.193 e. The molecule has 0 amide bonds. The maximum atomic E-state index is 12.5. The zero-order valence-electron chi connectivity index (χ0n) is 12.1. The van der Waals surface area contributed by atoms with E-state index in [1.165, 1.54) is 0 Å². The number of aliphatic hydroxyl groups excluding tert-OH is 1. The fourth-order valence-corrected chi connectivity index (χ4v) is 5.48. The summed E-state index contributed by atoms with van der Waals surface area (Å²) in [6.45, 7) is 1.48. The van der Waals surface area contributed by atoms with Crippen LogP contribution >= 0.6 is 0 Å². The molecule has 1 saturated carbocycles. The first kappa shape index (κ1) is 15.6. The van der Waals surface area contributed by atoms with Gasteiger partial charge in [0.05, 0.1) is 17.1 Å². The predicted octanol–water partition coefficient (Wildman–Crippen LogP) is -0.0126. The van der Waals surface area contributed by atoms with Crippen LogP contribution in [0.2, 0.25) is 0 Å². The van der Waals surface area contributed by atoms with Gasteiger partial charge in [-0.2, -0.15) is 0 Å². The lowest BCUT2D eigenvalue weighted by molar-refractivity contribution is 0.268. The van der Waals surface area contributed by atoms with E-state index in [-0.39, 0.29) is 12.4 Å². The average molecular weight is 303 g/mol. The minimum atomic E-state index is -3.02. The molecule has 1 aliphatic carbocycles. The van der Waals surface area contributed by atoms with Gasteiger partial charge < -0.3 is 15.3 Å². The van der Waals surface area contributed by atoms with Gasteiger partial charge in [0.15, 0.2) is 15.8 Å². The number of guanidine groups is 1. The van der Waals surface area contributed by atoms with Gasteiger partial charge in [0.25, 0.3) is 0 Å². The second kappa shape index (κ2) is 6.30. The van der Waals surface area contributed by atoms with Crippen molar-refractivity contribution in [2.45, 2.75) is 36.9 Å². The summed E-state index contributed by atoms with van der Waals surface area (Å²) in [7, 11) is -1.32. The molecule has 6 nitrogen and oxygen atoms in total. The van der Waals surface area contributed by atoms with Crippen molar-refractivity contribution in [3.8, 4) is 0 Å². The molecule has 0 bridgehead atoms. The molecule has 2 N–H and O–H groups in total. The van der Waals surface area contributed by atoms with Gasteiger partial charge in [-0.3, -0.25) is 4.99 Å². The Morgan fingerprint density at radius 3 is 2.65 bits per heavy atom. The van der Waals surface area contributed by atoms with Crippen molar-refractivity contribution in [3.63, 3.8) is 0 Å². The Hall–Kier alpha value is -0.820. The minimum absolute atomic E-state index is 0.0380. The highest BCUT2D eigenvalue weighted by molar-refractivity contribution is 7.92. The molecule has 0 aromatic carbocycles. The van der Waals surface area contributed by atoms with E-state index in [2.05, 4.69) is 10.3 Å². The highest BCUT2D eigenvalue weighted by atomic mass is 32.2. The Morgan fingerprint density at radius 2 is 2.05 bits per heavy atom. The summed E-state index contributed by atoms with van der Waals surface area (Å²) in [6, 6.07) is 0. The molecule has 1 saturated heterocycles. The normalized spacial score (nSPS) is 25.7. The van der Waals surface area contributed by atoms with Crippen molar-refractivity contribution in [3.05, 3.63) is 0 Å². The molecule has 20 heavy (non-hydrogen) atoms. The van der Waals surface area contributed by atoms with Crippen molar-refractivity contribution in [1.29, 1.82) is 0 Å². The van der Waals surface area contributed by atoms with Crippen LogP contribution in [-0.2, 0) is 9.84 Å². The number of nitrogens with one attached hydrogen (secondary N) is 1.